The van der Waals surface area contributed by atoms with E-state index >= 15 is 0 Å². The molecule has 0 saturated carbocycles. The van der Waals surface area contributed by atoms with Crippen molar-refractivity contribution < 1.29 is 14.3 Å². The quantitative estimate of drug-likeness (QED) is 0.942. The van der Waals surface area contributed by atoms with Crippen molar-refractivity contribution in [2.75, 3.05) is 6.79 Å². The van der Waals surface area contributed by atoms with E-state index in [-0.39, 0.29) is 29.6 Å². The Morgan fingerprint density at radius 1 is 1.33 bits per heavy atom. The number of hydrogen-bond donors (Lipinski definition) is 1. The van der Waals surface area contributed by atoms with Gasteiger partial charge in [-0.3, -0.25) is 9.78 Å². The van der Waals surface area contributed by atoms with Crippen molar-refractivity contribution in [3.63, 3.8) is 0 Å². The summed E-state index contributed by atoms with van der Waals surface area (Å²) < 4.78 is 10.6. The summed E-state index contributed by atoms with van der Waals surface area (Å²) in [7, 11) is 0. The largest absolute Gasteiger partial charge is 0.454 e. The molecule has 108 valence electrons. The van der Waals surface area contributed by atoms with Gasteiger partial charge < -0.3 is 14.8 Å². The number of amides is 1. The number of aromatic nitrogens is 2. The zero-order chi connectivity index (χ0) is 14.8. The number of nitrogens with zero attached hydrogens (tertiary/aromatic N) is 2. The molecule has 6 nitrogen and oxygen atoms in total. The zero-order valence-electron chi connectivity index (χ0n) is 11.2. The third-order valence-corrected chi connectivity index (χ3v) is 3.26. The van der Waals surface area contributed by atoms with Crippen LogP contribution < -0.4 is 14.8 Å². The van der Waals surface area contributed by atoms with Crippen LogP contribution in [-0.2, 0) is 0 Å². The van der Waals surface area contributed by atoms with Gasteiger partial charge in [-0.25, -0.2) is 4.98 Å². The van der Waals surface area contributed by atoms with Crippen LogP contribution >= 0.6 is 11.6 Å². The van der Waals surface area contributed by atoms with Crippen molar-refractivity contribution in [1.29, 1.82) is 0 Å². The molecule has 1 aromatic carbocycles. The maximum atomic E-state index is 12.1. The first-order valence-electron chi connectivity index (χ1n) is 6.31. The van der Waals surface area contributed by atoms with E-state index in [1.54, 1.807) is 0 Å². The molecule has 7 heteroatoms. The van der Waals surface area contributed by atoms with Crippen molar-refractivity contribution in [1.82, 2.24) is 15.3 Å². The lowest BCUT2D eigenvalue weighted by molar-refractivity contribution is 0.0934. The van der Waals surface area contributed by atoms with Gasteiger partial charge in [0.25, 0.3) is 5.91 Å². The Kier molecular flexibility index (Phi) is 3.62. The first-order valence-corrected chi connectivity index (χ1v) is 6.69. The van der Waals surface area contributed by atoms with Crippen LogP contribution in [-0.4, -0.2) is 22.7 Å². The highest BCUT2D eigenvalue weighted by Gasteiger charge is 2.18. The SMILES string of the molecule is CC(NC(=O)c1cncc(Cl)n1)c1ccc2c(c1)OCO2. The molecule has 0 fully saturated rings. The molecule has 0 bridgehead atoms. The van der Waals surface area contributed by atoms with Crippen LogP contribution in [0.3, 0.4) is 0 Å². The number of halogens is 1. The molecule has 0 radical (unpaired) electrons. The number of carbonyl (C=O) groups excluding carboxylic acids is 1. The van der Waals surface area contributed by atoms with E-state index < -0.39 is 0 Å². The third-order valence-electron chi connectivity index (χ3n) is 3.08. The predicted molar refractivity (Wildman–Crippen MR) is 75.5 cm³/mol. The summed E-state index contributed by atoms with van der Waals surface area (Å²) in [4.78, 5) is 19.9. The van der Waals surface area contributed by atoms with Gasteiger partial charge in [0.05, 0.1) is 18.4 Å². The van der Waals surface area contributed by atoms with Crippen molar-refractivity contribution in [3.8, 4) is 11.5 Å². The van der Waals surface area contributed by atoms with Gasteiger partial charge in [0.1, 0.15) is 10.8 Å². The molecule has 2 heterocycles. The predicted octanol–water partition coefficient (Wildman–Crippen LogP) is 2.35. The minimum atomic E-state index is -0.338. The van der Waals surface area contributed by atoms with E-state index in [1.807, 2.05) is 25.1 Å². The smallest absolute Gasteiger partial charge is 0.272 e. The van der Waals surface area contributed by atoms with Gasteiger partial charge in [-0.15, -0.1) is 0 Å². The van der Waals surface area contributed by atoms with Crippen LogP contribution in [0.25, 0.3) is 0 Å². The minimum Gasteiger partial charge on any atom is -0.454 e. The number of hydrogen-bond acceptors (Lipinski definition) is 5. The molecule has 1 unspecified atom stereocenters. The maximum absolute atomic E-state index is 12.1. The molecule has 1 atom stereocenters. The monoisotopic (exact) mass is 305 g/mol. The summed E-state index contributed by atoms with van der Waals surface area (Å²) >= 11 is 5.72. The Morgan fingerprint density at radius 3 is 2.95 bits per heavy atom. The molecule has 21 heavy (non-hydrogen) atoms. The van der Waals surface area contributed by atoms with Gasteiger partial charge in [0.15, 0.2) is 11.5 Å². The van der Waals surface area contributed by atoms with Crippen LogP contribution in [0.1, 0.15) is 29.0 Å². The lowest BCUT2D eigenvalue weighted by Gasteiger charge is -2.14. The first kappa shape index (κ1) is 13.6. The molecular weight excluding hydrogens is 294 g/mol. The van der Waals surface area contributed by atoms with E-state index in [0.717, 1.165) is 5.56 Å². The highest BCUT2D eigenvalue weighted by molar-refractivity contribution is 6.29. The third kappa shape index (κ3) is 2.90. The number of benzene rings is 1. The van der Waals surface area contributed by atoms with Crippen LogP contribution in [0.15, 0.2) is 30.6 Å². The standard InChI is InChI=1S/C14H12ClN3O3/c1-8(9-2-3-11-12(4-9)21-7-20-11)17-14(19)10-5-16-6-13(15)18-10/h2-6,8H,7H2,1H3,(H,17,19). The highest BCUT2D eigenvalue weighted by atomic mass is 35.5. The summed E-state index contributed by atoms with van der Waals surface area (Å²) in [6.45, 7) is 2.09. The molecular formula is C14H12ClN3O3. The summed E-state index contributed by atoms with van der Waals surface area (Å²) in [5.74, 6) is 1.05. The lowest BCUT2D eigenvalue weighted by atomic mass is 10.1. The van der Waals surface area contributed by atoms with Crippen molar-refractivity contribution in [3.05, 3.63) is 47.0 Å². The van der Waals surface area contributed by atoms with Gasteiger partial charge in [-0.2, -0.15) is 0 Å². The number of rotatable bonds is 3. The van der Waals surface area contributed by atoms with Crippen molar-refractivity contribution in [2.45, 2.75) is 13.0 Å². The second-order valence-corrected chi connectivity index (χ2v) is 4.92. The van der Waals surface area contributed by atoms with E-state index in [1.165, 1.54) is 12.4 Å². The summed E-state index contributed by atoms with van der Waals surface area (Å²) in [5, 5.41) is 3.01. The fraction of sp³-hybridized carbons (Fsp3) is 0.214. The Balaban J connectivity index is 1.74. The molecule has 3 rings (SSSR count). The number of carbonyl (C=O) groups is 1. The molecule has 0 spiro atoms. The van der Waals surface area contributed by atoms with Crippen LogP contribution in [0.5, 0.6) is 11.5 Å². The van der Waals surface area contributed by atoms with Crippen LogP contribution in [0, 0.1) is 0 Å². The van der Waals surface area contributed by atoms with E-state index in [2.05, 4.69) is 15.3 Å². The molecule has 1 amide bonds. The topological polar surface area (TPSA) is 73.3 Å². The molecule has 0 saturated heterocycles. The summed E-state index contributed by atoms with van der Waals surface area (Å²) in [6.07, 6.45) is 2.74. The van der Waals surface area contributed by atoms with Gasteiger partial charge in [-0.1, -0.05) is 17.7 Å². The second-order valence-electron chi connectivity index (χ2n) is 4.53. The van der Waals surface area contributed by atoms with E-state index in [0.29, 0.717) is 11.5 Å². The zero-order valence-corrected chi connectivity index (χ0v) is 11.9. The average molecular weight is 306 g/mol. The highest BCUT2D eigenvalue weighted by Crippen LogP contribution is 2.34. The fourth-order valence-corrected chi connectivity index (χ4v) is 2.14. The lowest BCUT2D eigenvalue weighted by Crippen LogP contribution is -2.27. The summed E-state index contributed by atoms with van der Waals surface area (Å²) in [5.41, 5.74) is 1.08. The molecule has 0 aliphatic carbocycles. The van der Waals surface area contributed by atoms with Crippen molar-refractivity contribution >= 4 is 17.5 Å². The second kappa shape index (κ2) is 5.57. The number of fused-ring (bicyclic) bond motifs is 1. The molecule has 1 aliphatic heterocycles. The fourth-order valence-electron chi connectivity index (χ4n) is 1.99. The Morgan fingerprint density at radius 2 is 2.14 bits per heavy atom. The van der Waals surface area contributed by atoms with Gasteiger partial charge in [-0.05, 0) is 24.6 Å². The van der Waals surface area contributed by atoms with E-state index in [9.17, 15) is 4.79 Å². The van der Waals surface area contributed by atoms with E-state index in [4.69, 9.17) is 21.1 Å². The van der Waals surface area contributed by atoms with Crippen LogP contribution in [0.2, 0.25) is 5.15 Å². The van der Waals surface area contributed by atoms with Gasteiger partial charge >= 0.3 is 0 Å². The van der Waals surface area contributed by atoms with Gasteiger partial charge in [0, 0.05) is 0 Å². The normalized spacial score (nSPS) is 13.8. The molecule has 2 aromatic rings. The van der Waals surface area contributed by atoms with Crippen LogP contribution in [0.4, 0.5) is 0 Å². The molecule has 1 N–H and O–H groups in total. The molecule has 1 aromatic heterocycles. The minimum absolute atomic E-state index is 0.176. The Hall–Kier alpha value is -2.34. The molecule has 1 aliphatic rings. The Labute approximate surface area is 126 Å². The number of nitrogens with one attached hydrogen (secondary N) is 1. The van der Waals surface area contributed by atoms with Gasteiger partial charge in [0.2, 0.25) is 6.79 Å². The maximum Gasteiger partial charge on any atom is 0.272 e. The summed E-state index contributed by atoms with van der Waals surface area (Å²) in [6, 6.07) is 5.33. The number of ether oxygens (including phenoxy) is 2. The first-order chi connectivity index (χ1) is 10.1. The Bertz CT molecular complexity index is 693. The average Bonchev–Trinajstić information content (AvgIpc) is 2.94. The van der Waals surface area contributed by atoms with Crippen molar-refractivity contribution in [2.24, 2.45) is 0 Å².